The molecular weight excluding hydrogens is 252 g/mol. The molecule has 0 unspecified atom stereocenters. The molecule has 0 atom stereocenters. The van der Waals surface area contributed by atoms with Crippen LogP contribution in [0.1, 0.15) is 15.9 Å². The van der Waals surface area contributed by atoms with E-state index in [4.69, 9.17) is 11.6 Å². The molecule has 86 valence electrons. The van der Waals surface area contributed by atoms with E-state index in [1.165, 1.54) is 5.56 Å². The summed E-state index contributed by atoms with van der Waals surface area (Å²) in [5, 5.41) is 0.594. The first kappa shape index (κ1) is 12.2. The van der Waals surface area contributed by atoms with Gasteiger partial charge >= 0.3 is 0 Å². The van der Waals surface area contributed by atoms with Gasteiger partial charge in [0.05, 0.1) is 0 Å². The zero-order valence-electron chi connectivity index (χ0n) is 9.10. The second-order valence-electron chi connectivity index (χ2n) is 3.57. The SMILES string of the molecule is O=Cc1cc(Cl)ccc1SCc1ccccc1. The zero-order valence-corrected chi connectivity index (χ0v) is 10.7. The van der Waals surface area contributed by atoms with Crippen molar-refractivity contribution in [2.24, 2.45) is 0 Å². The lowest BCUT2D eigenvalue weighted by atomic mass is 10.2. The van der Waals surface area contributed by atoms with Gasteiger partial charge in [-0.05, 0) is 23.8 Å². The normalized spacial score (nSPS) is 10.2. The number of carbonyl (C=O) groups is 1. The fraction of sp³-hybridized carbons (Fsp3) is 0.0714. The lowest BCUT2D eigenvalue weighted by molar-refractivity contribution is 0.112. The van der Waals surface area contributed by atoms with E-state index >= 15 is 0 Å². The van der Waals surface area contributed by atoms with E-state index in [0.29, 0.717) is 10.6 Å². The van der Waals surface area contributed by atoms with Crippen molar-refractivity contribution in [2.45, 2.75) is 10.6 Å². The molecule has 0 radical (unpaired) electrons. The second-order valence-corrected chi connectivity index (χ2v) is 5.03. The molecule has 0 aliphatic rings. The monoisotopic (exact) mass is 262 g/mol. The van der Waals surface area contributed by atoms with Crippen LogP contribution in [-0.4, -0.2) is 6.29 Å². The number of halogens is 1. The van der Waals surface area contributed by atoms with E-state index < -0.39 is 0 Å². The summed E-state index contributed by atoms with van der Waals surface area (Å²) < 4.78 is 0. The Morgan fingerprint density at radius 1 is 1.12 bits per heavy atom. The Hall–Kier alpha value is -1.25. The molecule has 1 nitrogen and oxygen atoms in total. The lowest BCUT2D eigenvalue weighted by Crippen LogP contribution is -1.86. The highest BCUT2D eigenvalue weighted by Crippen LogP contribution is 2.27. The molecule has 0 aliphatic carbocycles. The highest BCUT2D eigenvalue weighted by atomic mass is 35.5. The van der Waals surface area contributed by atoms with Crippen molar-refractivity contribution in [3.63, 3.8) is 0 Å². The first-order chi connectivity index (χ1) is 8.29. The van der Waals surface area contributed by atoms with Crippen LogP contribution >= 0.6 is 23.4 Å². The molecule has 0 amide bonds. The number of rotatable bonds is 4. The summed E-state index contributed by atoms with van der Waals surface area (Å²) in [4.78, 5) is 11.9. The largest absolute Gasteiger partial charge is 0.298 e. The Morgan fingerprint density at radius 3 is 2.59 bits per heavy atom. The van der Waals surface area contributed by atoms with Gasteiger partial charge in [-0.2, -0.15) is 0 Å². The van der Waals surface area contributed by atoms with Gasteiger partial charge in [0.2, 0.25) is 0 Å². The molecule has 0 spiro atoms. The minimum absolute atomic E-state index is 0.594. The van der Waals surface area contributed by atoms with Crippen molar-refractivity contribution in [3.8, 4) is 0 Å². The Balaban J connectivity index is 2.11. The van der Waals surface area contributed by atoms with E-state index in [9.17, 15) is 4.79 Å². The maximum Gasteiger partial charge on any atom is 0.151 e. The third kappa shape index (κ3) is 3.35. The fourth-order valence-corrected chi connectivity index (χ4v) is 2.61. The summed E-state index contributed by atoms with van der Waals surface area (Å²) >= 11 is 7.49. The summed E-state index contributed by atoms with van der Waals surface area (Å²) in [6.45, 7) is 0. The molecule has 0 heterocycles. The summed E-state index contributed by atoms with van der Waals surface area (Å²) in [5.74, 6) is 0.851. The number of carbonyl (C=O) groups excluding carboxylic acids is 1. The molecule has 2 rings (SSSR count). The van der Waals surface area contributed by atoms with E-state index in [0.717, 1.165) is 16.9 Å². The van der Waals surface area contributed by atoms with E-state index in [1.54, 1.807) is 17.8 Å². The predicted molar refractivity (Wildman–Crippen MR) is 72.8 cm³/mol. The van der Waals surface area contributed by atoms with Crippen LogP contribution in [0.2, 0.25) is 5.02 Å². The number of aldehydes is 1. The topological polar surface area (TPSA) is 17.1 Å². The maximum atomic E-state index is 10.9. The first-order valence-corrected chi connectivity index (χ1v) is 6.57. The van der Waals surface area contributed by atoms with Crippen LogP contribution in [0.3, 0.4) is 0 Å². The van der Waals surface area contributed by atoms with Gasteiger partial charge in [-0.1, -0.05) is 41.9 Å². The molecule has 0 bridgehead atoms. The third-order valence-electron chi connectivity index (χ3n) is 2.34. The second kappa shape index (κ2) is 5.89. The van der Waals surface area contributed by atoms with Crippen LogP contribution in [0.4, 0.5) is 0 Å². The number of hydrogen-bond donors (Lipinski definition) is 0. The maximum absolute atomic E-state index is 10.9. The molecular formula is C14H11ClOS. The molecule has 0 aliphatic heterocycles. The van der Waals surface area contributed by atoms with Gasteiger partial charge in [0, 0.05) is 21.2 Å². The summed E-state index contributed by atoms with van der Waals surface area (Å²) in [6.07, 6.45) is 0.846. The Labute approximate surface area is 110 Å². The Bertz CT molecular complexity index is 511. The molecule has 0 saturated carbocycles. The highest BCUT2D eigenvalue weighted by molar-refractivity contribution is 7.98. The van der Waals surface area contributed by atoms with Crippen LogP contribution in [-0.2, 0) is 5.75 Å². The van der Waals surface area contributed by atoms with E-state index in [1.807, 2.05) is 30.3 Å². The first-order valence-electron chi connectivity index (χ1n) is 5.21. The van der Waals surface area contributed by atoms with Crippen LogP contribution in [0.25, 0.3) is 0 Å². The quantitative estimate of drug-likeness (QED) is 0.598. The summed E-state index contributed by atoms with van der Waals surface area (Å²) in [6, 6.07) is 15.6. The van der Waals surface area contributed by atoms with Crippen molar-refractivity contribution in [2.75, 3.05) is 0 Å². The van der Waals surface area contributed by atoms with Gasteiger partial charge in [0.25, 0.3) is 0 Å². The Kier molecular flexibility index (Phi) is 4.24. The van der Waals surface area contributed by atoms with Crippen LogP contribution in [0, 0.1) is 0 Å². The summed E-state index contributed by atoms with van der Waals surface area (Å²) in [7, 11) is 0. The van der Waals surface area contributed by atoms with Crippen molar-refractivity contribution in [1.29, 1.82) is 0 Å². The average Bonchev–Trinajstić information content (AvgIpc) is 2.38. The minimum Gasteiger partial charge on any atom is -0.298 e. The minimum atomic E-state index is 0.594. The van der Waals surface area contributed by atoms with Gasteiger partial charge in [-0.15, -0.1) is 11.8 Å². The zero-order chi connectivity index (χ0) is 12.1. The smallest absolute Gasteiger partial charge is 0.151 e. The van der Waals surface area contributed by atoms with Gasteiger partial charge < -0.3 is 0 Å². The van der Waals surface area contributed by atoms with Crippen LogP contribution < -0.4 is 0 Å². The van der Waals surface area contributed by atoms with Crippen LogP contribution in [0.5, 0.6) is 0 Å². The van der Waals surface area contributed by atoms with Crippen molar-refractivity contribution in [1.82, 2.24) is 0 Å². The number of benzene rings is 2. The molecule has 3 heteroatoms. The molecule has 0 fully saturated rings. The molecule has 2 aromatic rings. The van der Waals surface area contributed by atoms with E-state index in [-0.39, 0.29) is 0 Å². The fourth-order valence-electron chi connectivity index (χ4n) is 1.48. The highest BCUT2D eigenvalue weighted by Gasteiger charge is 2.03. The van der Waals surface area contributed by atoms with Crippen LogP contribution in [0.15, 0.2) is 53.4 Å². The standard InChI is InChI=1S/C14H11ClOS/c15-13-6-7-14(12(8-13)9-16)17-10-11-4-2-1-3-5-11/h1-9H,10H2. The molecule has 17 heavy (non-hydrogen) atoms. The number of hydrogen-bond acceptors (Lipinski definition) is 2. The van der Waals surface area contributed by atoms with Crippen molar-refractivity contribution in [3.05, 3.63) is 64.7 Å². The average molecular weight is 263 g/mol. The summed E-state index contributed by atoms with van der Waals surface area (Å²) in [5.41, 5.74) is 1.89. The Morgan fingerprint density at radius 2 is 1.88 bits per heavy atom. The van der Waals surface area contributed by atoms with Gasteiger partial charge in [0.1, 0.15) is 0 Å². The lowest BCUT2D eigenvalue weighted by Gasteiger charge is -2.05. The molecule has 2 aromatic carbocycles. The third-order valence-corrected chi connectivity index (χ3v) is 3.73. The molecule has 0 N–H and O–H groups in total. The number of thioether (sulfide) groups is 1. The van der Waals surface area contributed by atoms with Crippen molar-refractivity contribution < 1.29 is 4.79 Å². The molecule has 0 saturated heterocycles. The van der Waals surface area contributed by atoms with Gasteiger partial charge in [-0.25, -0.2) is 0 Å². The van der Waals surface area contributed by atoms with Gasteiger partial charge in [-0.3, -0.25) is 4.79 Å². The predicted octanol–water partition coefficient (Wildman–Crippen LogP) is 4.44. The van der Waals surface area contributed by atoms with Crippen molar-refractivity contribution >= 4 is 29.6 Å². The van der Waals surface area contributed by atoms with Gasteiger partial charge in [0.15, 0.2) is 6.29 Å². The molecule has 0 aromatic heterocycles. The van der Waals surface area contributed by atoms with E-state index in [2.05, 4.69) is 12.1 Å².